The number of carbonyl (C=O) groups is 1. The molecule has 5 nitrogen and oxygen atoms in total. The van der Waals surface area contributed by atoms with Gasteiger partial charge in [-0.1, -0.05) is 35.9 Å². The lowest BCUT2D eigenvalue weighted by atomic mass is 9.75. The Kier molecular flexibility index (Phi) is 7.40. The number of para-hydroxylation sites is 1. The third-order valence-corrected chi connectivity index (χ3v) is 5.90. The molecule has 1 fully saturated rings. The zero-order valence-electron chi connectivity index (χ0n) is 16.8. The van der Waals surface area contributed by atoms with Crippen molar-refractivity contribution in [2.75, 3.05) is 26.3 Å². The molecular formula is C23H28ClNO4. The summed E-state index contributed by atoms with van der Waals surface area (Å²) < 4.78 is 11.3. The average Bonchev–Trinajstić information content (AvgIpc) is 2.72. The van der Waals surface area contributed by atoms with E-state index in [-0.39, 0.29) is 11.7 Å². The van der Waals surface area contributed by atoms with Gasteiger partial charge in [0.25, 0.3) is 0 Å². The first-order valence-corrected chi connectivity index (χ1v) is 10.4. The Hall–Kier alpha value is -2.24. The number of phenolic OH excluding ortho intramolecular Hbond substituents is 1. The van der Waals surface area contributed by atoms with Crippen molar-refractivity contribution in [1.82, 2.24) is 4.90 Å². The first kappa shape index (κ1) is 21.5. The van der Waals surface area contributed by atoms with E-state index in [1.54, 1.807) is 12.1 Å². The number of phenols is 1. The Morgan fingerprint density at radius 2 is 1.90 bits per heavy atom. The highest BCUT2D eigenvalue weighted by atomic mass is 35.5. The second-order valence-electron chi connectivity index (χ2n) is 7.46. The summed E-state index contributed by atoms with van der Waals surface area (Å²) in [5, 5.41) is 10.1. The quantitative estimate of drug-likeness (QED) is 0.633. The number of hydrogen-bond acceptors (Lipinski definition) is 5. The molecule has 1 saturated heterocycles. The predicted octanol–water partition coefficient (Wildman–Crippen LogP) is 4.66. The van der Waals surface area contributed by atoms with Crippen LogP contribution in [0.25, 0.3) is 0 Å². The van der Waals surface area contributed by atoms with Gasteiger partial charge in [0.2, 0.25) is 0 Å². The van der Waals surface area contributed by atoms with Crippen LogP contribution >= 0.6 is 11.6 Å². The summed E-state index contributed by atoms with van der Waals surface area (Å²) >= 11 is 6.25. The molecule has 0 aliphatic carbocycles. The fourth-order valence-electron chi connectivity index (χ4n) is 3.77. The number of rotatable bonds is 8. The molecule has 1 aliphatic rings. The van der Waals surface area contributed by atoms with Crippen LogP contribution in [0.5, 0.6) is 11.5 Å². The molecule has 0 atom stereocenters. The van der Waals surface area contributed by atoms with E-state index in [2.05, 4.69) is 4.90 Å². The molecule has 0 spiro atoms. The molecule has 156 valence electrons. The van der Waals surface area contributed by atoms with E-state index in [9.17, 15) is 9.90 Å². The highest BCUT2D eigenvalue weighted by Crippen LogP contribution is 2.37. The number of esters is 1. The predicted molar refractivity (Wildman–Crippen MR) is 113 cm³/mol. The minimum Gasteiger partial charge on any atom is -0.508 e. The van der Waals surface area contributed by atoms with Crippen molar-refractivity contribution >= 4 is 17.6 Å². The SMILES string of the molecule is CCOC(=O)C1(CCOc2ccccc2)CCN(Cc2ccc(O)cc2Cl)CC1. The van der Waals surface area contributed by atoms with Crippen LogP contribution in [0.2, 0.25) is 5.02 Å². The van der Waals surface area contributed by atoms with E-state index in [1.165, 1.54) is 0 Å². The van der Waals surface area contributed by atoms with E-state index < -0.39 is 5.41 Å². The van der Waals surface area contributed by atoms with Crippen LogP contribution in [0.4, 0.5) is 0 Å². The van der Waals surface area contributed by atoms with E-state index in [4.69, 9.17) is 21.1 Å². The number of benzene rings is 2. The first-order valence-electron chi connectivity index (χ1n) is 10.1. The standard InChI is InChI=1S/C23H28ClNO4/c1-2-28-22(27)23(12-15-29-20-6-4-3-5-7-20)10-13-25(14-11-23)17-18-8-9-19(26)16-21(18)24/h3-9,16,26H,2,10-15,17H2,1H3. The van der Waals surface area contributed by atoms with Gasteiger partial charge >= 0.3 is 5.97 Å². The Bertz CT molecular complexity index is 804. The van der Waals surface area contributed by atoms with Gasteiger partial charge in [-0.2, -0.15) is 0 Å². The van der Waals surface area contributed by atoms with Crippen LogP contribution in [0.1, 0.15) is 31.7 Å². The number of hydrogen-bond donors (Lipinski definition) is 1. The van der Waals surface area contributed by atoms with Gasteiger partial charge in [0.15, 0.2) is 0 Å². The summed E-state index contributed by atoms with van der Waals surface area (Å²) in [6.45, 7) is 4.95. The molecular weight excluding hydrogens is 390 g/mol. The first-order chi connectivity index (χ1) is 14.0. The number of nitrogens with zero attached hydrogens (tertiary/aromatic N) is 1. The van der Waals surface area contributed by atoms with Gasteiger partial charge < -0.3 is 14.6 Å². The van der Waals surface area contributed by atoms with Gasteiger partial charge in [-0.15, -0.1) is 0 Å². The van der Waals surface area contributed by atoms with Crippen LogP contribution in [0.15, 0.2) is 48.5 Å². The van der Waals surface area contributed by atoms with Gasteiger partial charge in [0.05, 0.1) is 18.6 Å². The molecule has 0 amide bonds. The Morgan fingerprint density at radius 1 is 1.17 bits per heavy atom. The van der Waals surface area contributed by atoms with Gasteiger partial charge in [-0.25, -0.2) is 0 Å². The monoisotopic (exact) mass is 417 g/mol. The second-order valence-corrected chi connectivity index (χ2v) is 7.87. The number of carbonyl (C=O) groups excluding carboxylic acids is 1. The third kappa shape index (κ3) is 5.64. The van der Waals surface area contributed by atoms with E-state index in [1.807, 2.05) is 43.3 Å². The highest BCUT2D eigenvalue weighted by Gasteiger charge is 2.42. The average molecular weight is 418 g/mol. The van der Waals surface area contributed by atoms with Crippen LogP contribution in [-0.4, -0.2) is 42.3 Å². The molecule has 0 unspecified atom stereocenters. The van der Waals surface area contributed by atoms with Crippen LogP contribution in [0, 0.1) is 5.41 Å². The molecule has 0 aromatic heterocycles. The van der Waals surface area contributed by atoms with Crippen molar-refractivity contribution < 1.29 is 19.4 Å². The van der Waals surface area contributed by atoms with E-state index >= 15 is 0 Å². The maximum absolute atomic E-state index is 12.8. The normalized spacial score (nSPS) is 16.3. The molecule has 6 heteroatoms. The summed E-state index contributed by atoms with van der Waals surface area (Å²) in [6, 6.07) is 14.7. The van der Waals surface area contributed by atoms with Crippen LogP contribution < -0.4 is 4.74 Å². The van der Waals surface area contributed by atoms with E-state index in [0.717, 1.165) is 37.2 Å². The molecule has 3 rings (SSSR count). The Labute approximate surface area is 177 Å². The molecule has 29 heavy (non-hydrogen) atoms. The zero-order valence-corrected chi connectivity index (χ0v) is 17.5. The van der Waals surface area contributed by atoms with Crippen molar-refractivity contribution in [1.29, 1.82) is 0 Å². The molecule has 2 aromatic rings. The molecule has 0 saturated carbocycles. The van der Waals surface area contributed by atoms with Gasteiger partial charge in [-0.3, -0.25) is 9.69 Å². The van der Waals surface area contributed by atoms with Crippen LogP contribution in [-0.2, 0) is 16.1 Å². The maximum Gasteiger partial charge on any atom is 0.312 e. The number of aromatic hydroxyl groups is 1. The smallest absolute Gasteiger partial charge is 0.312 e. The third-order valence-electron chi connectivity index (χ3n) is 5.54. The molecule has 0 radical (unpaired) electrons. The van der Waals surface area contributed by atoms with E-state index in [0.29, 0.717) is 31.2 Å². The number of ether oxygens (including phenoxy) is 2. The molecule has 1 N–H and O–H groups in total. The highest BCUT2D eigenvalue weighted by molar-refractivity contribution is 6.31. The number of halogens is 1. The summed E-state index contributed by atoms with van der Waals surface area (Å²) in [4.78, 5) is 15.1. The van der Waals surface area contributed by atoms with Gasteiger partial charge in [0, 0.05) is 11.6 Å². The summed E-state index contributed by atoms with van der Waals surface area (Å²) in [6.07, 6.45) is 2.08. The Balaban J connectivity index is 1.60. The lowest BCUT2D eigenvalue weighted by Crippen LogP contribution is -2.45. The minimum absolute atomic E-state index is 0.126. The molecule has 2 aromatic carbocycles. The van der Waals surface area contributed by atoms with Crippen molar-refractivity contribution in [2.45, 2.75) is 32.7 Å². The fraction of sp³-hybridized carbons (Fsp3) is 0.435. The van der Waals surface area contributed by atoms with Crippen molar-refractivity contribution in [2.24, 2.45) is 5.41 Å². The second kappa shape index (κ2) is 9.99. The van der Waals surface area contributed by atoms with Crippen molar-refractivity contribution in [3.05, 3.63) is 59.1 Å². The summed E-state index contributed by atoms with van der Waals surface area (Å²) in [7, 11) is 0. The number of likely N-dealkylation sites (tertiary alicyclic amines) is 1. The van der Waals surface area contributed by atoms with Crippen molar-refractivity contribution in [3.63, 3.8) is 0 Å². The molecule has 1 heterocycles. The fourth-order valence-corrected chi connectivity index (χ4v) is 4.00. The van der Waals surface area contributed by atoms with Gasteiger partial charge in [-0.05, 0) is 69.1 Å². The maximum atomic E-state index is 12.8. The zero-order chi connectivity index (χ0) is 20.7. The van der Waals surface area contributed by atoms with Gasteiger partial charge in [0.1, 0.15) is 11.5 Å². The van der Waals surface area contributed by atoms with Crippen LogP contribution in [0.3, 0.4) is 0 Å². The molecule has 0 bridgehead atoms. The summed E-state index contributed by atoms with van der Waals surface area (Å²) in [5.74, 6) is 0.849. The lowest BCUT2D eigenvalue weighted by molar-refractivity contribution is -0.159. The molecule has 1 aliphatic heterocycles. The Morgan fingerprint density at radius 3 is 2.55 bits per heavy atom. The topological polar surface area (TPSA) is 59.0 Å². The minimum atomic E-state index is -0.514. The summed E-state index contributed by atoms with van der Waals surface area (Å²) in [5.41, 5.74) is 0.459. The lowest BCUT2D eigenvalue weighted by Gasteiger charge is -2.40. The largest absolute Gasteiger partial charge is 0.508 e. The van der Waals surface area contributed by atoms with Crippen molar-refractivity contribution in [3.8, 4) is 11.5 Å². The number of piperidine rings is 1.